The first kappa shape index (κ1) is 26.5. The van der Waals surface area contributed by atoms with Gasteiger partial charge in [-0.1, -0.05) is 66.2 Å². The molecule has 1 N–H and O–H groups in total. The van der Waals surface area contributed by atoms with Gasteiger partial charge in [0.15, 0.2) is 0 Å². The maximum absolute atomic E-state index is 14.7. The highest BCUT2D eigenvalue weighted by Crippen LogP contribution is 2.55. The van der Waals surface area contributed by atoms with Gasteiger partial charge in [-0.05, 0) is 29.8 Å². The van der Waals surface area contributed by atoms with E-state index in [0.717, 1.165) is 33.3 Å². The van der Waals surface area contributed by atoms with E-state index in [1.165, 1.54) is 11.8 Å². The van der Waals surface area contributed by atoms with Crippen molar-refractivity contribution in [3.8, 4) is 0 Å². The van der Waals surface area contributed by atoms with E-state index in [0.29, 0.717) is 37.7 Å². The van der Waals surface area contributed by atoms with E-state index in [1.807, 2.05) is 94.9 Å². The Hall–Kier alpha value is -3.75. The van der Waals surface area contributed by atoms with Crippen LogP contribution in [0.25, 0.3) is 10.9 Å². The van der Waals surface area contributed by atoms with Crippen LogP contribution in [0.2, 0.25) is 5.02 Å². The second kappa shape index (κ2) is 11.0. The molecule has 2 aliphatic heterocycles. The monoisotopic (exact) mass is 572 g/mol. The van der Waals surface area contributed by atoms with Crippen LogP contribution in [0.15, 0.2) is 90.0 Å². The number of benzene rings is 3. The van der Waals surface area contributed by atoms with Gasteiger partial charge in [-0.3, -0.25) is 14.4 Å². The summed E-state index contributed by atoms with van der Waals surface area (Å²) in [4.78, 5) is 49.8. The molecule has 3 amide bonds. The van der Waals surface area contributed by atoms with Gasteiger partial charge in [-0.25, -0.2) is 0 Å². The lowest BCUT2D eigenvalue weighted by molar-refractivity contribution is -0.138. The number of nitrogens with zero attached hydrogens (tertiary/aromatic N) is 3. The minimum atomic E-state index is -1.12. The zero-order valence-electron chi connectivity index (χ0n) is 21.8. The Balaban J connectivity index is 1.51. The summed E-state index contributed by atoms with van der Waals surface area (Å²) in [5.74, 6) is -0.149. The maximum atomic E-state index is 14.7. The highest BCUT2D eigenvalue weighted by molar-refractivity contribution is 8.01. The molecule has 3 heterocycles. The van der Waals surface area contributed by atoms with Crippen molar-refractivity contribution in [3.63, 3.8) is 0 Å². The first-order chi connectivity index (χ1) is 19.5. The number of hydrogen-bond donors (Lipinski definition) is 1. The lowest BCUT2D eigenvalue weighted by Gasteiger charge is -2.42. The molecule has 3 aromatic carbocycles. The number of piperazine rings is 1. The topological polar surface area (TPSA) is 76.7 Å². The first-order valence-corrected chi connectivity index (χ1v) is 14.5. The number of H-pyrrole nitrogens is 1. The summed E-state index contributed by atoms with van der Waals surface area (Å²) in [5.41, 5.74) is 2.74. The molecule has 9 heteroatoms. The van der Waals surface area contributed by atoms with Crippen molar-refractivity contribution in [1.82, 2.24) is 19.7 Å². The van der Waals surface area contributed by atoms with Crippen LogP contribution in [0.4, 0.5) is 0 Å². The highest BCUT2D eigenvalue weighted by atomic mass is 35.5. The van der Waals surface area contributed by atoms with Crippen LogP contribution in [-0.4, -0.2) is 68.8 Å². The Kier molecular flexibility index (Phi) is 7.29. The second-order valence-electron chi connectivity index (χ2n) is 10.3. The van der Waals surface area contributed by atoms with Gasteiger partial charge in [-0.2, -0.15) is 0 Å². The molecule has 40 heavy (non-hydrogen) atoms. The Bertz CT molecular complexity index is 1540. The van der Waals surface area contributed by atoms with Crippen molar-refractivity contribution < 1.29 is 14.4 Å². The molecule has 7 nitrogen and oxygen atoms in total. The van der Waals surface area contributed by atoms with Crippen molar-refractivity contribution in [2.75, 3.05) is 26.2 Å². The van der Waals surface area contributed by atoms with E-state index in [4.69, 9.17) is 11.6 Å². The summed E-state index contributed by atoms with van der Waals surface area (Å²) in [5, 5.41) is 1.54. The Morgan fingerprint density at radius 2 is 1.70 bits per heavy atom. The van der Waals surface area contributed by atoms with E-state index < -0.39 is 10.8 Å². The minimum absolute atomic E-state index is 0.0665. The number of aromatic nitrogens is 1. The van der Waals surface area contributed by atoms with Gasteiger partial charge in [0.25, 0.3) is 0 Å². The number of amides is 3. The van der Waals surface area contributed by atoms with Gasteiger partial charge in [0.2, 0.25) is 18.2 Å². The van der Waals surface area contributed by atoms with Gasteiger partial charge in [0, 0.05) is 65.3 Å². The SMILES string of the molecule is O=CN1CCN(C(=O)C2(Sc3ccccc3)CC(=O)N(Cc3ccccc3)C2c2c[nH]c3cc(Cl)ccc23)CC1. The molecule has 0 bridgehead atoms. The van der Waals surface area contributed by atoms with E-state index in [9.17, 15) is 14.4 Å². The molecule has 6 rings (SSSR count). The Morgan fingerprint density at radius 1 is 1.00 bits per heavy atom. The number of nitrogens with one attached hydrogen (secondary N) is 1. The predicted octanol–water partition coefficient (Wildman–Crippen LogP) is 5.13. The van der Waals surface area contributed by atoms with Gasteiger partial charge < -0.3 is 19.7 Å². The van der Waals surface area contributed by atoms with Crippen LogP contribution in [0, 0.1) is 0 Å². The summed E-state index contributed by atoms with van der Waals surface area (Å²) in [6, 6.07) is 24.8. The van der Waals surface area contributed by atoms with E-state index in [-0.39, 0.29) is 18.2 Å². The average Bonchev–Trinajstić information content (AvgIpc) is 3.51. The summed E-state index contributed by atoms with van der Waals surface area (Å²) < 4.78 is -1.12. The molecule has 0 spiro atoms. The molecular weight excluding hydrogens is 544 g/mol. The van der Waals surface area contributed by atoms with Gasteiger partial charge in [0.05, 0.1) is 12.5 Å². The average molecular weight is 573 g/mol. The molecule has 2 aliphatic rings. The number of halogens is 1. The van der Waals surface area contributed by atoms with Crippen molar-refractivity contribution in [1.29, 1.82) is 0 Å². The lowest BCUT2D eigenvalue weighted by Crippen LogP contribution is -2.56. The Morgan fingerprint density at radius 3 is 2.40 bits per heavy atom. The van der Waals surface area contributed by atoms with E-state index in [1.54, 1.807) is 4.90 Å². The molecule has 0 aliphatic carbocycles. The molecule has 2 atom stereocenters. The number of aromatic amines is 1. The zero-order chi connectivity index (χ0) is 27.7. The molecular formula is C31H29ClN4O3S. The Labute approximate surface area is 242 Å². The largest absolute Gasteiger partial charge is 0.361 e. The number of hydrogen-bond acceptors (Lipinski definition) is 4. The van der Waals surface area contributed by atoms with Gasteiger partial charge in [-0.15, -0.1) is 11.8 Å². The van der Waals surface area contributed by atoms with Crippen LogP contribution < -0.4 is 0 Å². The number of rotatable bonds is 7. The number of likely N-dealkylation sites (tertiary alicyclic amines) is 1. The third kappa shape index (κ3) is 4.86. The fraction of sp³-hybridized carbons (Fsp3) is 0.258. The smallest absolute Gasteiger partial charge is 0.242 e. The predicted molar refractivity (Wildman–Crippen MR) is 157 cm³/mol. The molecule has 0 radical (unpaired) electrons. The fourth-order valence-electron chi connectivity index (χ4n) is 5.87. The van der Waals surface area contributed by atoms with Gasteiger partial charge in [0.1, 0.15) is 4.75 Å². The van der Waals surface area contributed by atoms with Crippen LogP contribution in [0.3, 0.4) is 0 Å². The second-order valence-corrected chi connectivity index (χ2v) is 12.1. The van der Waals surface area contributed by atoms with Crippen LogP contribution >= 0.6 is 23.4 Å². The minimum Gasteiger partial charge on any atom is -0.361 e. The molecule has 2 saturated heterocycles. The number of fused-ring (bicyclic) bond motifs is 1. The van der Waals surface area contributed by atoms with Crippen LogP contribution in [0.1, 0.15) is 23.6 Å². The third-order valence-corrected chi connectivity index (χ3v) is 9.46. The third-order valence-electron chi connectivity index (χ3n) is 7.81. The van der Waals surface area contributed by atoms with Crippen LogP contribution in [-0.2, 0) is 20.9 Å². The number of carbonyl (C=O) groups is 3. The van der Waals surface area contributed by atoms with E-state index in [2.05, 4.69) is 4.98 Å². The fourth-order valence-corrected chi connectivity index (χ4v) is 7.53. The molecule has 4 aromatic rings. The zero-order valence-corrected chi connectivity index (χ0v) is 23.4. The molecule has 2 fully saturated rings. The molecule has 2 unspecified atom stereocenters. The van der Waals surface area contributed by atoms with Crippen molar-refractivity contribution in [2.24, 2.45) is 0 Å². The van der Waals surface area contributed by atoms with Gasteiger partial charge >= 0.3 is 0 Å². The highest BCUT2D eigenvalue weighted by Gasteiger charge is 2.59. The quantitative estimate of drug-likeness (QED) is 0.312. The van der Waals surface area contributed by atoms with Crippen molar-refractivity contribution in [3.05, 3.63) is 101 Å². The molecule has 204 valence electrons. The summed E-state index contributed by atoms with van der Waals surface area (Å²) in [6.07, 6.45) is 2.81. The lowest BCUT2D eigenvalue weighted by atomic mass is 9.90. The summed E-state index contributed by atoms with van der Waals surface area (Å²) in [6.45, 7) is 2.18. The standard InChI is InChI=1S/C31H29ClN4O3S/c32-23-11-12-25-26(19-33-27(25)17-23)29-31(40-24-9-5-2-6-10-24,30(39)35-15-13-34(21-37)14-16-35)18-28(38)36(29)20-22-7-3-1-4-8-22/h1-12,17,19,21,29,33H,13-16,18,20H2. The molecule has 1 aromatic heterocycles. The normalized spacial score (nSPS) is 21.3. The van der Waals surface area contributed by atoms with Crippen LogP contribution in [0.5, 0.6) is 0 Å². The molecule has 0 saturated carbocycles. The van der Waals surface area contributed by atoms with Crippen molar-refractivity contribution in [2.45, 2.75) is 28.6 Å². The maximum Gasteiger partial charge on any atom is 0.242 e. The van der Waals surface area contributed by atoms with Crippen molar-refractivity contribution >= 4 is 52.5 Å². The first-order valence-electron chi connectivity index (χ1n) is 13.3. The summed E-state index contributed by atoms with van der Waals surface area (Å²) >= 11 is 7.77. The summed E-state index contributed by atoms with van der Waals surface area (Å²) in [7, 11) is 0. The number of thioether (sulfide) groups is 1. The van der Waals surface area contributed by atoms with E-state index >= 15 is 0 Å². The number of carbonyl (C=O) groups excluding carboxylic acids is 3.